The van der Waals surface area contributed by atoms with Crippen molar-refractivity contribution in [1.29, 1.82) is 0 Å². The molecule has 1 aromatic rings. The van der Waals surface area contributed by atoms with E-state index in [9.17, 15) is 4.79 Å². The highest BCUT2D eigenvalue weighted by molar-refractivity contribution is 5.80. The minimum Gasteiger partial charge on any atom is -0.368 e. The van der Waals surface area contributed by atoms with Crippen LogP contribution in [0.4, 0.5) is 0 Å². The summed E-state index contributed by atoms with van der Waals surface area (Å²) >= 11 is 0. The molecule has 0 bridgehead atoms. The van der Waals surface area contributed by atoms with Gasteiger partial charge in [0.15, 0.2) is 0 Å². The van der Waals surface area contributed by atoms with Gasteiger partial charge in [0.1, 0.15) is 0 Å². The Morgan fingerprint density at radius 3 is 2.44 bits per heavy atom. The van der Waals surface area contributed by atoms with E-state index in [0.717, 1.165) is 16.7 Å². The van der Waals surface area contributed by atoms with Gasteiger partial charge < -0.3 is 11.5 Å². The third-order valence-electron chi connectivity index (χ3n) is 2.41. The van der Waals surface area contributed by atoms with Crippen molar-refractivity contribution in [3.05, 3.63) is 48.0 Å². The summed E-state index contributed by atoms with van der Waals surface area (Å²) in [5.74, 6) is -0.493. The Kier molecular flexibility index (Phi) is 4.03. The maximum atomic E-state index is 10.8. The zero-order chi connectivity index (χ0) is 12.1. The Balaban J connectivity index is 2.95. The predicted molar refractivity (Wildman–Crippen MR) is 67.5 cm³/mol. The van der Waals surface area contributed by atoms with Crippen LogP contribution in [0.5, 0.6) is 0 Å². The van der Waals surface area contributed by atoms with Crippen LogP contribution < -0.4 is 11.5 Å². The summed E-state index contributed by atoms with van der Waals surface area (Å²) in [4.78, 5) is 10.8. The summed E-state index contributed by atoms with van der Waals surface area (Å²) in [5, 5.41) is 0. The molecule has 0 fully saturated rings. The van der Waals surface area contributed by atoms with Crippen LogP contribution in [-0.2, 0) is 11.2 Å². The number of benzene rings is 1. The lowest BCUT2D eigenvalue weighted by atomic mass is 9.99. The van der Waals surface area contributed by atoms with Crippen LogP contribution in [0.1, 0.15) is 16.7 Å². The molecule has 1 amide bonds. The summed E-state index contributed by atoms with van der Waals surface area (Å²) in [5.41, 5.74) is 13.6. The summed E-state index contributed by atoms with van der Waals surface area (Å²) in [7, 11) is 0. The quantitative estimate of drug-likeness (QED) is 0.779. The minimum atomic E-state index is -0.646. The third-order valence-corrected chi connectivity index (χ3v) is 2.41. The molecule has 1 rings (SSSR count). The summed E-state index contributed by atoms with van der Waals surface area (Å²) in [6, 6.07) is 5.12. The second-order valence-electron chi connectivity index (χ2n) is 3.58. The third kappa shape index (κ3) is 2.81. The molecule has 0 saturated carbocycles. The highest BCUT2D eigenvalue weighted by Crippen LogP contribution is 2.15. The minimum absolute atomic E-state index is 0.438. The molecule has 1 unspecified atom stereocenters. The van der Waals surface area contributed by atoms with E-state index in [1.807, 2.05) is 18.2 Å². The highest BCUT2D eigenvalue weighted by atomic mass is 16.1. The molecule has 4 N–H and O–H groups in total. The van der Waals surface area contributed by atoms with Gasteiger partial charge in [0.25, 0.3) is 0 Å². The normalized spacial score (nSPS) is 11.8. The highest BCUT2D eigenvalue weighted by Gasteiger charge is 2.10. The van der Waals surface area contributed by atoms with Crippen LogP contribution >= 0.6 is 0 Å². The molecule has 0 saturated heterocycles. The van der Waals surface area contributed by atoms with E-state index >= 15 is 0 Å². The van der Waals surface area contributed by atoms with E-state index in [1.165, 1.54) is 0 Å². The summed E-state index contributed by atoms with van der Waals surface area (Å²) in [6.07, 6.45) is 3.94. The van der Waals surface area contributed by atoms with Crippen molar-refractivity contribution in [3.8, 4) is 0 Å². The van der Waals surface area contributed by atoms with E-state index in [2.05, 4.69) is 13.2 Å². The molecule has 0 aromatic heterocycles. The monoisotopic (exact) mass is 216 g/mol. The number of amides is 1. The van der Waals surface area contributed by atoms with Crippen LogP contribution in [-0.4, -0.2) is 11.9 Å². The summed E-state index contributed by atoms with van der Waals surface area (Å²) < 4.78 is 0. The van der Waals surface area contributed by atoms with Crippen LogP contribution in [0, 0.1) is 0 Å². The average molecular weight is 216 g/mol. The van der Waals surface area contributed by atoms with Crippen molar-refractivity contribution >= 4 is 18.1 Å². The lowest BCUT2D eigenvalue weighted by molar-refractivity contribution is -0.119. The fourth-order valence-electron chi connectivity index (χ4n) is 1.47. The van der Waals surface area contributed by atoms with Gasteiger partial charge in [0.2, 0.25) is 5.91 Å². The van der Waals surface area contributed by atoms with Crippen LogP contribution in [0.25, 0.3) is 12.2 Å². The molecule has 1 aromatic carbocycles. The van der Waals surface area contributed by atoms with Crippen molar-refractivity contribution in [2.75, 3.05) is 0 Å². The van der Waals surface area contributed by atoms with Crippen molar-refractivity contribution in [2.24, 2.45) is 11.5 Å². The first-order valence-corrected chi connectivity index (χ1v) is 5.01. The standard InChI is InChI=1S/C13H16N2O/c1-3-10-6-5-9(7-11(10)4-2)8-12(14)13(15)16/h3-7,12H,1-2,8,14H2,(H2,15,16). The molecule has 3 nitrogen and oxygen atoms in total. The number of rotatable bonds is 5. The SMILES string of the molecule is C=Cc1ccc(CC(N)C(N)=O)cc1C=C. The largest absolute Gasteiger partial charge is 0.368 e. The van der Waals surface area contributed by atoms with Gasteiger partial charge in [-0.2, -0.15) is 0 Å². The average Bonchev–Trinajstić information content (AvgIpc) is 2.28. The number of nitrogens with two attached hydrogens (primary N) is 2. The first kappa shape index (κ1) is 12.2. The molecule has 0 heterocycles. The van der Waals surface area contributed by atoms with E-state index in [-0.39, 0.29) is 0 Å². The number of hydrogen-bond donors (Lipinski definition) is 2. The molecular formula is C13H16N2O. The zero-order valence-electron chi connectivity index (χ0n) is 9.15. The predicted octanol–water partition coefficient (Wildman–Crippen LogP) is 1.33. The van der Waals surface area contributed by atoms with Gasteiger partial charge in [-0.05, 0) is 23.1 Å². The topological polar surface area (TPSA) is 69.1 Å². The Labute approximate surface area is 95.4 Å². The number of hydrogen-bond acceptors (Lipinski definition) is 2. The molecule has 0 radical (unpaired) electrons. The Morgan fingerprint density at radius 2 is 1.94 bits per heavy atom. The molecule has 0 aliphatic rings. The first-order chi connectivity index (χ1) is 7.58. The molecule has 0 spiro atoms. The smallest absolute Gasteiger partial charge is 0.234 e. The Bertz CT molecular complexity index is 424. The second-order valence-corrected chi connectivity index (χ2v) is 3.58. The lowest BCUT2D eigenvalue weighted by Gasteiger charge is -2.09. The van der Waals surface area contributed by atoms with Crippen LogP contribution in [0.15, 0.2) is 31.4 Å². The maximum absolute atomic E-state index is 10.8. The first-order valence-electron chi connectivity index (χ1n) is 5.01. The lowest BCUT2D eigenvalue weighted by Crippen LogP contribution is -2.38. The van der Waals surface area contributed by atoms with Gasteiger partial charge in [-0.3, -0.25) is 4.79 Å². The Hall–Kier alpha value is -1.87. The van der Waals surface area contributed by atoms with E-state index in [1.54, 1.807) is 12.2 Å². The molecule has 1 atom stereocenters. The van der Waals surface area contributed by atoms with Gasteiger partial charge in [-0.25, -0.2) is 0 Å². The van der Waals surface area contributed by atoms with Gasteiger partial charge >= 0.3 is 0 Å². The number of carbonyl (C=O) groups excluding carboxylic acids is 1. The second kappa shape index (κ2) is 5.28. The van der Waals surface area contributed by atoms with Gasteiger partial charge in [0.05, 0.1) is 6.04 Å². The van der Waals surface area contributed by atoms with E-state index in [0.29, 0.717) is 6.42 Å². The van der Waals surface area contributed by atoms with Crippen molar-refractivity contribution in [3.63, 3.8) is 0 Å². The summed E-state index contributed by atoms with van der Waals surface area (Å²) in [6.45, 7) is 7.44. The molecule has 0 aliphatic carbocycles. The number of primary amides is 1. The fraction of sp³-hybridized carbons (Fsp3) is 0.154. The van der Waals surface area contributed by atoms with Gasteiger partial charge in [0, 0.05) is 0 Å². The van der Waals surface area contributed by atoms with E-state index < -0.39 is 11.9 Å². The van der Waals surface area contributed by atoms with Gasteiger partial charge in [-0.15, -0.1) is 0 Å². The number of carbonyl (C=O) groups is 1. The maximum Gasteiger partial charge on any atom is 0.234 e. The van der Waals surface area contributed by atoms with Crippen molar-refractivity contribution in [2.45, 2.75) is 12.5 Å². The fourth-order valence-corrected chi connectivity index (χ4v) is 1.47. The molecule has 84 valence electrons. The van der Waals surface area contributed by atoms with Crippen LogP contribution in [0.3, 0.4) is 0 Å². The Morgan fingerprint density at radius 1 is 1.31 bits per heavy atom. The van der Waals surface area contributed by atoms with Crippen molar-refractivity contribution in [1.82, 2.24) is 0 Å². The molecule has 16 heavy (non-hydrogen) atoms. The molecule has 3 heteroatoms. The van der Waals surface area contributed by atoms with Crippen LogP contribution in [0.2, 0.25) is 0 Å². The van der Waals surface area contributed by atoms with E-state index in [4.69, 9.17) is 11.5 Å². The molecular weight excluding hydrogens is 200 g/mol. The zero-order valence-corrected chi connectivity index (χ0v) is 9.15. The van der Waals surface area contributed by atoms with Gasteiger partial charge in [-0.1, -0.05) is 43.5 Å². The molecule has 0 aliphatic heterocycles. The van der Waals surface area contributed by atoms with Crippen molar-refractivity contribution < 1.29 is 4.79 Å².